The highest BCUT2D eigenvalue weighted by Crippen LogP contribution is 2.25. The number of fused-ring (bicyclic) bond motifs is 1. The van der Waals surface area contributed by atoms with Crippen LogP contribution in [0.1, 0.15) is 0 Å². The summed E-state index contributed by atoms with van der Waals surface area (Å²) in [5.41, 5.74) is 8.62. The van der Waals surface area contributed by atoms with E-state index in [-0.39, 0.29) is 12.4 Å². The van der Waals surface area contributed by atoms with Crippen LogP contribution in [0, 0.1) is 0 Å². The smallest absolute Gasteiger partial charge is 0.157 e. The maximum absolute atomic E-state index is 6.04. The molecule has 2 N–H and O–H groups in total. The monoisotopic (exact) mass is 246 g/mol. The van der Waals surface area contributed by atoms with Gasteiger partial charge in [0.2, 0.25) is 0 Å². The lowest BCUT2D eigenvalue weighted by molar-refractivity contribution is 1.13. The standard InChI is InChI=1S/C12H10N4.ClH/c13-12-11(9-4-2-1-3-5-9)15-10-8-14-6-7-16(10)12;/h1-8H,13H2;1H. The van der Waals surface area contributed by atoms with Gasteiger partial charge in [-0.2, -0.15) is 0 Å². The van der Waals surface area contributed by atoms with E-state index in [0.717, 1.165) is 16.9 Å². The topological polar surface area (TPSA) is 56.2 Å². The lowest BCUT2D eigenvalue weighted by atomic mass is 10.1. The predicted octanol–water partition coefficient (Wildman–Crippen LogP) is 2.40. The van der Waals surface area contributed by atoms with Crippen molar-refractivity contribution in [3.05, 3.63) is 48.9 Å². The van der Waals surface area contributed by atoms with Crippen LogP contribution in [0.25, 0.3) is 16.9 Å². The zero-order valence-electron chi connectivity index (χ0n) is 8.95. The van der Waals surface area contributed by atoms with Crippen LogP contribution >= 0.6 is 12.4 Å². The highest BCUT2D eigenvalue weighted by molar-refractivity contribution is 5.85. The highest BCUT2D eigenvalue weighted by atomic mass is 35.5. The Bertz CT molecular complexity index is 633. The van der Waals surface area contributed by atoms with Crippen molar-refractivity contribution in [2.24, 2.45) is 0 Å². The van der Waals surface area contributed by atoms with Crippen LogP contribution in [0.4, 0.5) is 5.82 Å². The van der Waals surface area contributed by atoms with Gasteiger partial charge in [0, 0.05) is 18.0 Å². The van der Waals surface area contributed by atoms with E-state index in [0.29, 0.717) is 5.82 Å². The predicted molar refractivity (Wildman–Crippen MR) is 70.1 cm³/mol. The third kappa shape index (κ3) is 1.83. The lowest BCUT2D eigenvalue weighted by Crippen LogP contribution is -1.93. The third-order valence-electron chi connectivity index (χ3n) is 2.51. The summed E-state index contributed by atoms with van der Waals surface area (Å²) in [6.07, 6.45) is 5.20. The molecule has 0 fully saturated rings. The molecule has 0 spiro atoms. The molecule has 17 heavy (non-hydrogen) atoms. The molecule has 0 radical (unpaired) electrons. The summed E-state index contributed by atoms with van der Waals surface area (Å²) in [5, 5.41) is 0. The highest BCUT2D eigenvalue weighted by Gasteiger charge is 2.09. The first-order valence-corrected chi connectivity index (χ1v) is 4.99. The summed E-state index contributed by atoms with van der Waals surface area (Å²) in [7, 11) is 0. The summed E-state index contributed by atoms with van der Waals surface area (Å²) >= 11 is 0. The summed E-state index contributed by atoms with van der Waals surface area (Å²) in [6, 6.07) is 9.89. The maximum Gasteiger partial charge on any atom is 0.157 e. The van der Waals surface area contributed by atoms with Gasteiger partial charge in [-0.3, -0.25) is 9.38 Å². The van der Waals surface area contributed by atoms with E-state index < -0.39 is 0 Å². The van der Waals surface area contributed by atoms with Crippen molar-refractivity contribution in [3.63, 3.8) is 0 Å². The average molecular weight is 247 g/mol. The van der Waals surface area contributed by atoms with Crippen molar-refractivity contribution >= 4 is 23.9 Å². The van der Waals surface area contributed by atoms with Crippen LogP contribution in [0.5, 0.6) is 0 Å². The average Bonchev–Trinajstić information content (AvgIpc) is 2.69. The zero-order chi connectivity index (χ0) is 11.0. The van der Waals surface area contributed by atoms with Crippen molar-refractivity contribution in [1.82, 2.24) is 14.4 Å². The molecule has 4 nitrogen and oxygen atoms in total. The Morgan fingerprint density at radius 1 is 1.12 bits per heavy atom. The van der Waals surface area contributed by atoms with Gasteiger partial charge in [0.15, 0.2) is 5.65 Å². The number of hydrogen-bond acceptors (Lipinski definition) is 3. The number of anilines is 1. The first-order chi connectivity index (χ1) is 7.86. The van der Waals surface area contributed by atoms with Gasteiger partial charge in [-0.25, -0.2) is 4.98 Å². The van der Waals surface area contributed by atoms with E-state index in [9.17, 15) is 0 Å². The fraction of sp³-hybridized carbons (Fsp3) is 0. The number of imidazole rings is 1. The second kappa shape index (κ2) is 4.43. The van der Waals surface area contributed by atoms with Crippen molar-refractivity contribution in [2.45, 2.75) is 0 Å². The van der Waals surface area contributed by atoms with Gasteiger partial charge in [0.25, 0.3) is 0 Å². The third-order valence-corrected chi connectivity index (χ3v) is 2.51. The normalized spacial score (nSPS) is 10.1. The number of nitrogens with zero attached hydrogens (tertiary/aromatic N) is 3. The van der Waals surface area contributed by atoms with Crippen molar-refractivity contribution in [2.75, 3.05) is 5.73 Å². The van der Waals surface area contributed by atoms with Crippen LogP contribution in [-0.4, -0.2) is 14.4 Å². The number of benzene rings is 1. The van der Waals surface area contributed by atoms with Crippen LogP contribution in [-0.2, 0) is 0 Å². The summed E-state index contributed by atoms with van der Waals surface area (Å²) in [6.45, 7) is 0. The van der Waals surface area contributed by atoms with Crippen LogP contribution in [0.2, 0.25) is 0 Å². The van der Waals surface area contributed by atoms with Gasteiger partial charge in [-0.05, 0) is 0 Å². The molecule has 3 aromatic rings. The minimum Gasteiger partial charge on any atom is -0.383 e. The second-order valence-corrected chi connectivity index (χ2v) is 3.52. The minimum absolute atomic E-state index is 0. The molecule has 3 rings (SSSR count). The molecule has 2 heterocycles. The molecule has 0 saturated carbocycles. The van der Waals surface area contributed by atoms with Gasteiger partial charge in [0.05, 0.1) is 6.20 Å². The molecule has 0 aliphatic rings. The molecule has 0 aliphatic heterocycles. The summed E-state index contributed by atoms with van der Waals surface area (Å²) in [4.78, 5) is 8.48. The number of nitrogen functional groups attached to an aromatic ring is 1. The Morgan fingerprint density at radius 3 is 2.59 bits per heavy atom. The van der Waals surface area contributed by atoms with E-state index in [2.05, 4.69) is 9.97 Å². The van der Waals surface area contributed by atoms with Gasteiger partial charge >= 0.3 is 0 Å². The molecule has 86 valence electrons. The molecule has 2 aromatic heterocycles. The molecule has 0 amide bonds. The fourth-order valence-corrected chi connectivity index (χ4v) is 1.73. The van der Waals surface area contributed by atoms with Crippen LogP contribution < -0.4 is 5.73 Å². The molecular formula is C12H11ClN4. The van der Waals surface area contributed by atoms with Gasteiger partial charge < -0.3 is 5.73 Å². The molecule has 0 bridgehead atoms. The number of aromatic nitrogens is 3. The molecule has 0 unspecified atom stereocenters. The lowest BCUT2D eigenvalue weighted by Gasteiger charge is -1.97. The van der Waals surface area contributed by atoms with E-state index in [4.69, 9.17) is 5.73 Å². The van der Waals surface area contributed by atoms with Crippen molar-refractivity contribution in [3.8, 4) is 11.3 Å². The molecular weight excluding hydrogens is 236 g/mol. The quantitative estimate of drug-likeness (QED) is 0.717. The minimum atomic E-state index is 0. The second-order valence-electron chi connectivity index (χ2n) is 3.52. The molecule has 1 aromatic carbocycles. The van der Waals surface area contributed by atoms with E-state index >= 15 is 0 Å². The van der Waals surface area contributed by atoms with E-state index in [1.54, 1.807) is 12.4 Å². The van der Waals surface area contributed by atoms with Crippen LogP contribution in [0.15, 0.2) is 48.9 Å². The van der Waals surface area contributed by atoms with E-state index in [1.165, 1.54) is 0 Å². The van der Waals surface area contributed by atoms with Gasteiger partial charge in [0.1, 0.15) is 11.5 Å². The SMILES string of the molecule is Cl.Nc1c(-c2ccccc2)nc2cnccn12. The first kappa shape index (κ1) is 11.4. The summed E-state index contributed by atoms with van der Waals surface area (Å²) < 4.78 is 1.83. The van der Waals surface area contributed by atoms with Gasteiger partial charge in [-0.15, -0.1) is 12.4 Å². The maximum atomic E-state index is 6.04. The van der Waals surface area contributed by atoms with Crippen molar-refractivity contribution in [1.29, 1.82) is 0 Å². The number of nitrogens with two attached hydrogens (primary N) is 1. The number of rotatable bonds is 1. The largest absolute Gasteiger partial charge is 0.383 e. The van der Waals surface area contributed by atoms with Crippen LogP contribution in [0.3, 0.4) is 0 Å². The van der Waals surface area contributed by atoms with Crippen molar-refractivity contribution < 1.29 is 0 Å². The Balaban J connectivity index is 0.00000108. The molecule has 0 atom stereocenters. The Hall–Kier alpha value is -2.07. The summed E-state index contributed by atoms with van der Waals surface area (Å²) in [5.74, 6) is 0.642. The number of hydrogen-bond donors (Lipinski definition) is 1. The fourth-order valence-electron chi connectivity index (χ4n) is 1.73. The Kier molecular flexibility index (Phi) is 2.97. The molecule has 0 aliphatic carbocycles. The Morgan fingerprint density at radius 2 is 1.88 bits per heavy atom. The van der Waals surface area contributed by atoms with E-state index in [1.807, 2.05) is 40.9 Å². The van der Waals surface area contributed by atoms with Gasteiger partial charge in [-0.1, -0.05) is 30.3 Å². The first-order valence-electron chi connectivity index (χ1n) is 4.99. The molecule has 0 saturated heterocycles. The zero-order valence-corrected chi connectivity index (χ0v) is 9.76. The Labute approximate surface area is 105 Å². The number of halogens is 1. The molecule has 5 heteroatoms.